The molecule has 0 rings (SSSR count). The monoisotopic (exact) mass is 338 g/mol. The fourth-order valence-electron chi connectivity index (χ4n) is 1.30. The summed E-state index contributed by atoms with van der Waals surface area (Å²) in [4.78, 5) is 10.7. The average Bonchev–Trinajstić information content (AvgIpc) is 2.57. The Labute approximate surface area is 136 Å². The van der Waals surface area contributed by atoms with Gasteiger partial charge in [-0.05, 0) is 0 Å². The topological polar surface area (TPSA) is 72.5 Å². The highest BCUT2D eigenvalue weighted by Crippen LogP contribution is 1.85. The maximum Gasteiger partial charge on any atom is 0.330 e. The Morgan fingerprint density at radius 2 is 1.04 bits per heavy atom. The van der Waals surface area contributed by atoms with Crippen LogP contribution in [0.15, 0.2) is 12.7 Å². The number of ether oxygens (including phenoxy) is 6. The van der Waals surface area contributed by atoms with E-state index in [1.54, 1.807) is 0 Å². The molecule has 0 heterocycles. The van der Waals surface area contributed by atoms with E-state index >= 15 is 0 Å². The van der Waals surface area contributed by atoms with Gasteiger partial charge in [0.25, 0.3) is 0 Å². The molecule has 0 spiro atoms. The number of esters is 1. The van der Waals surface area contributed by atoms with Gasteiger partial charge in [-0.3, -0.25) is 0 Å². The molecule has 0 aliphatic heterocycles. The van der Waals surface area contributed by atoms with Crippen molar-refractivity contribution in [1.82, 2.24) is 0 Å². The van der Waals surface area contributed by atoms with Crippen molar-refractivity contribution in [3.05, 3.63) is 12.7 Å². The number of carbonyl (C=O) groups excluding carboxylic acids is 1. The summed E-state index contributed by atoms with van der Waals surface area (Å²) in [6.07, 6.45) is 1.11. The smallest absolute Gasteiger partial charge is 0.330 e. The van der Waals surface area contributed by atoms with Crippen LogP contribution in [0.1, 0.15) is 0 Å². The molecule has 7 nitrogen and oxygen atoms in total. The second kappa shape index (κ2) is 19.0. The molecule has 0 saturated heterocycles. The first-order chi connectivity index (χ1) is 11.3. The lowest BCUT2D eigenvalue weighted by Crippen LogP contribution is -2.14. The van der Waals surface area contributed by atoms with E-state index in [2.05, 4.69) is 6.58 Å². The molecular formula is C15H27FO7. The summed E-state index contributed by atoms with van der Waals surface area (Å²) >= 11 is 0. The van der Waals surface area contributed by atoms with Gasteiger partial charge in [0, 0.05) is 6.08 Å². The summed E-state index contributed by atoms with van der Waals surface area (Å²) in [7, 11) is 0. The number of rotatable bonds is 18. The molecule has 0 saturated carbocycles. The Hall–Kier alpha value is -1.06. The van der Waals surface area contributed by atoms with Gasteiger partial charge in [-0.25, -0.2) is 9.18 Å². The molecule has 0 fully saturated rings. The number of hydrogen-bond donors (Lipinski definition) is 0. The molecule has 0 aromatic carbocycles. The van der Waals surface area contributed by atoms with Crippen LogP contribution in [0.25, 0.3) is 0 Å². The normalized spacial score (nSPS) is 10.7. The SMILES string of the molecule is C=CC(=O)OCCOCCOCCOCCOCCOCCF. The Morgan fingerprint density at radius 3 is 1.39 bits per heavy atom. The molecule has 0 aliphatic rings. The fraction of sp³-hybridized carbons (Fsp3) is 0.800. The van der Waals surface area contributed by atoms with Crippen LogP contribution in [0.2, 0.25) is 0 Å². The fourth-order valence-corrected chi connectivity index (χ4v) is 1.30. The number of hydrogen-bond acceptors (Lipinski definition) is 7. The molecule has 0 radical (unpaired) electrons. The van der Waals surface area contributed by atoms with Crippen molar-refractivity contribution in [2.45, 2.75) is 0 Å². The third kappa shape index (κ3) is 18.9. The highest BCUT2D eigenvalue weighted by Gasteiger charge is 1.96. The molecule has 0 amide bonds. The van der Waals surface area contributed by atoms with E-state index in [0.717, 1.165) is 6.08 Å². The van der Waals surface area contributed by atoms with E-state index in [9.17, 15) is 9.18 Å². The molecule has 0 unspecified atom stereocenters. The van der Waals surface area contributed by atoms with Gasteiger partial charge >= 0.3 is 5.97 Å². The lowest BCUT2D eigenvalue weighted by Gasteiger charge is -2.07. The van der Waals surface area contributed by atoms with Crippen LogP contribution >= 0.6 is 0 Å². The van der Waals surface area contributed by atoms with Gasteiger partial charge in [-0.2, -0.15) is 0 Å². The summed E-state index contributed by atoms with van der Waals surface area (Å²) in [5, 5.41) is 0. The summed E-state index contributed by atoms with van der Waals surface area (Å²) in [6, 6.07) is 0. The molecule has 0 aliphatic carbocycles. The first kappa shape index (κ1) is 21.9. The Bertz CT molecular complexity index is 277. The van der Waals surface area contributed by atoms with Crippen LogP contribution in [0, 0.1) is 0 Å². The molecule has 0 aromatic rings. The number of alkyl halides is 1. The standard InChI is InChI=1S/C15H27FO7/c1-2-15(17)23-14-13-22-12-11-21-10-9-20-8-7-19-6-5-18-4-3-16/h2H,1,3-14H2. The third-order valence-electron chi connectivity index (χ3n) is 2.35. The molecule has 0 aromatic heterocycles. The maximum atomic E-state index is 11.7. The predicted molar refractivity (Wildman–Crippen MR) is 81.2 cm³/mol. The van der Waals surface area contributed by atoms with Crippen molar-refractivity contribution in [3.8, 4) is 0 Å². The molecule has 0 N–H and O–H groups in total. The molecule has 8 heteroatoms. The van der Waals surface area contributed by atoms with Crippen molar-refractivity contribution < 1.29 is 37.6 Å². The van der Waals surface area contributed by atoms with Crippen molar-refractivity contribution in [1.29, 1.82) is 0 Å². The van der Waals surface area contributed by atoms with Crippen LogP contribution in [0.3, 0.4) is 0 Å². The van der Waals surface area contributed by atoms with Crippen LogP contribution in [-0.4, -0.2) is 85.3 Å². The van der Waals surface area contributed by atoms with Gasteiger partial charge in [0.2, 0.25) is 0 Å². The zero-order valence-corrected chi connectivity index (χ0v) is 13.5. The Balaban J connectivity index is 3.00. The highest BCUT2D eigenvalue weighted by atomic mass is 19.1. The second-order valence-electron chi connectivity index (χ2n) is 4.12. The Kier molecular flexibility index (Phi) is 18.1. The first-order valence-corrected chi connectivity index (χ1v) is 7.55. The van der Waals surface area contributed by atoms with Crippen molar-refractivity contribution in [3.63, 3.8) is 0 Å². The van der Waals surface area contributed by atoms with Gasteiger partial charge in [0.1, 0.15) is 13.3 Å². The minimum absolute atomic E-state index is 0.112. The van der Waals surface area contributed by atoms with Gasteiger partial charge in [-0.1, -0.05) is 6.58 Å². The predicted octanol–water partition coefficient (Wildman–Crippen LogP) is 0.768. The lowest BCUT2D eigenvalue weighted by molar-refractivity contribution is -0.139. The number of halogens is 1. The first-order valence-electron chi connectivity index (χ1n) is 7.55. The van der Waals surface area contributed by atoms with Crippen molar-refractivity contribution in [2.75, 3.05) is 79.4 Å². The largest absolute Gasteiger partial charge is 0.460 e. The maximum absolute atomic E-state index is 11.7. The van der Waals surface area contributed by atoms with Gasteiger partial charge in [0.05, 0.1) is 66.1 Å². The number of carbonyl (C=O) groups is 1. The van der Waals surface area contributed by atoms with Crippen LogP contribution in [0.4, 0.5) is 4.39 Å². The summed E-state index contributed by atoms with van der Waals surface area (Å²) in [5.74, 6) is -0.460. The molecule has 0 bridgehead atoms. The second-order valence-corrected chi connectivity index (χ2v) is 4.12. The van der Waals surface area contributed by atoms with Crippen LogP contribution in [0.5, 0.6) is 0 Å². The lowest BCUT2D eigenvalue weighted by atomic mass is 10.6. The van der Waals surface area contributed by atoms with Gasteiger partial charge < -0.3 is 28.4 Å². The van der Waals surface area contributed by atoms with E-state index < -0.39 is 12.6 Å². The van der Waals surface area contributed by atoms with E-state index in [1.165, 1.54) is 0 Å². The highest BCUT2D eigenvalue weighted by molar-refractivity contribution is 5.81. The average molecular weight is 338 g/mol. The van der Waals surface area contributed by atoms with Gasteiger partial charge in [-0.15, -0.1) is 0 Å². The van der Waals surface area contributed by atoms with Gasteiger partial charge in [0.15, 0.2) is 0 Å². The quantitative estimate of drug-likeness (QED) is 0.208. The van der Waals surface area contributed by atoms with E-state index in [1.807, 2.05) is 0 Å². The summed E-state index contributed by atoms with van der Waals surface area (Å²) < 4.78 is 42.3. The zero-order valence-electron chi connectivity index (χ0n) is 13.5. The Morgan fingerprint density at radius 1 is 0.696 bits per heavy atom. The van der Waals surface area contributed by atoms with Crippen LogP contribution < -0.4 is 0 Å². The molecule has 23 heavy (non-hydrogen) atoms. The molecule has 136 valence electrons. The van der Waals surface area contributed by atoms with E-state index in [-0.39, 0.29) is 13.2 Å². The van der Waals surface area contributed by atoms with Crippen LogP contribution in [-0.2, 0) is 33.2 Å². The summed E-state index contributed by atoms with van der Waals surface area (Å²) in [5.41, 5.74) is 0. The zero-order chi connectivity index (χ0) is 17.0. The van der Waals surface area contributed by atoms with Crippen molar-refractivity contribution >= 4 is 5.97 Å². The van der Waals surface area contributed by atoms with E-state index in [0.29, 0.717) is 59.5 Å². The van der Waals surface area contributed by atoms with Crippen molar-refractivity contribution in [2.24, 2.45) is 0 Å². The summed E-state index contributed by atoms with van der Waals surface area (Å²) in [6.45, 7) is 7.01. The molecule has 0 atom stereocenters. The van der Waals surface area contributed by atoms with E-state index in [4.69, 9.17) is 28.4 Å². The minimum Gasteiger partial charge on any atom is -0.460 e. The third-order valence-corrected chi connectivity index (χ3v) is 2.35. The molecular weight excluding hydrogens is 311 g/mol. The minimum atomic E-state index is -0.475.